The molecule has 0 atom stereocenters. The van der Waals surface area contributed by atoms with E-state index >= 15 is 0 Å². The number of phenols is 1. The van der Waals surface area contributed by atoms with E-state index < -0.39 is 13.1 Å². The van der Waals surface area contributed by atoms with Crippen LogP contribution < -0.4 is 44.3 Å². The fourth-order valence-electron chi connectivity index (χ4n) is 10.7. The molecule has 0 aromatic heterocycles. The Kier molecular flexibility index (Phi) is 17.4. The Bertz CT molecular complexity index is 3600. The van der Waals surface area contributed by atoms with Crippen molar-refractivity contribution >= 4 is 23.4 Å². The maximum atomic E-state index is 12.9. The van der Waals surface area contributed by atoms with Gasteiger partial charge in [-0.2, -0.15) is 0 Å². The SMILES string of the molecule is C=CCOc1ccc(OCc2ccc(Oc3ccc(CC(C)(C)Oc4c(C)cc(Oc5c(C)cc(C(C)(C)c6cc(C)c(Oc7cc(C)c(O)c(C)c7)c(C)c6)cc5C)cc4C)cc3)cc2)c([P+](O)(c2ccccc2)c2ccccc2)c1. The molecule has 0 aliphatic heterocycles. The van der Waals surface area contributed by atoms with E-state index in [-0.39, 0.29) is 12.0 Å². The Labute approximate surface area is 486 Å². The first-order valence-corrected chi connectivity index (χ1v) is 29.7. The van der Waals surface area contributed by atoms with Crippen molar-refractivity contribution in [3.63, 3.8) is 0 Å². The van der Waals surface area contributed by atoms with Crippen molar-refractivity contribution in [3.8, 4) is 57.5 Å². The van der Waals surface area contributed by atoms with Crippen molar-refractivity contribution in [2.75, 3.05) is 6.61 Å². The van der Waals surface area contributed by atoms with Crippen LogP contribution in [0.5, 0.6) is 57.5 Å². The van der Waals surface area contributed by atoms with E-state index in [1.807, 2.05) is 141 Å². The lowest BCUT2D eigenvalue weighted by Crippen LogP contribution is -2.31. The van der Waals surface area contributed by atoms with E-state index in [9.17, 15) is 10.00 Å². The third-order valence-electron chi connectivity index (χ3n) is 15.1. The molecule has 2 N–H and O–H groups in total. The van der Waals surface area contributed by atoms with Gasteiger partial charge in [0, 0.05) is 17.9 Å². The zero-order chi connectivity index (χ0) is 58.5. The summed E-state index contributed by atoms with van der Waals surface area (Å²) in [5, 5.41) is 12.6. The van der Waals surface area contributed by atoms with Crippen LogP contribution in [0.4, 0.5) is 0 Å². The summed E-state index contributed by atoms with van der Waals surface area (Å²) in [5.74, 6) is 6.94. The first kappa shape index (κ1) is 58.4. The third kappa shape index (κ3) is 13.1. The van der Waals surface area contributed by atoms with Crippen LogP contribution in [0.15, 0.2) is 189 Å². The molecule has 0 spiro atoms. The van der Waals surface area contributed by atoms with Gasteiger partial charge in [-0.15, -0.1) is 0 Å². The summed E-state index contributed by atoms with van der Waals surface area (Å²) in [5.41, 5.74) is 11.4. The molecule has 0 amide bonds. The van der Waals surface area contributed by atoms with Crippen molar-refractivity contribution in [2.45, 2.75) is 107 Å². The highest BCUT2D eigenvalue weighted by atomic mass is 31.2. The molecular weight excluding hydrogens is 1040 g/mol. The van der Waals surface area contributed by atoms with Crippen LogP contribution >= 0.6 is 7.49 Å². The first-order valence-electron chi connectivity index (χ1n) is 27.9. The Morgan fingerprint density at radius 2 is 0.878 bits per heavy atom. The van der Waals surface area contributed by atoms with Crippen LogP contribution in [0.2, 0.25) is 0 Å². The number of benzene rings is 9. The lowest BCUT2D eigenvalue weighted by Gasteiger charge is -2.30. The molecule has 9 heteroatoms. The van der Waals surface area contributed by atoms with Gasteiger partial charge in [0.25, 0.3) is 0 Å². The minimum atomic E-state index is -3.13. The Hall–Kier alpha value is -8.29. The topological polar surface area (TPSA) is 95.8 Å². The van der Waals surface area contributed by atoms with Crippen LogP contribution in [0.3, 0.4) is 0 Å². The van der Waals surface area contributed by atoms with Gasteiger partial charge in [0.2, 0.25) is 7.49 Å². The maximum Gasteiger partial charge on any atom is 0.242 e. The lowest BCUT2D eigenvalue weighted by molar-refractivity contribution is 0.108. The standard InChI is InChI=1S/C73H75O8P/c1-14-35-76-61-33-34-66(67(44-61)82(75,64-21-17-15-18-22-64)65-23-19-16-20-24-65)77-46-56-27-31-60(32-28-56)78-59-29-25-55(26-30-59)45-72(10,11)81-71-53(8)42-63(43-54(71)9)80-70-51(6)38-58(39-52(70)7)73(12,13)57-36-49(4)69(50(5)37-57)79-62-40-47(2)68(74)48(3)41-62/h14-34,36-44,75H,1,35,45-46H2,2-13H3/p+1. The molecule has 82 heavy (non-hydrogen) atoms. The van der Waals surface area contributed by atoms with E-state index in [2.05, 4.69) is 124 Å². The van der Waals surface area contributed by atoms with Crippen molar-refractivity contribution < 1.29 is 38.4 Å². The van der Waals surface area contributed by atoms with Gasteiger partial charge in [-0.05, 0) is 221 Å². The molecule has 0 aliphatic rings. The van der Waals surface area contributed by atoms with Crippen molar-refractivity contribution in [1.29, 1.82) is 0 Å². The monoisotopic (exact) mass is 1110 g/mol. The van der Waals surface area contributed by atoms with Crippen LogP contribution in [-0.4, -0.2) is 22.2 Å². The van der Waals surface area contributed by atoms with E-state index in [1.54, 1.807) is 6.08 Å². The van der Waals surface area contributed by atoms with Gasteiger partial charge in [0.05, 0.1) is 0 Å². The van der Waals surface area contributed by atoms with E-state index in [0.717, 1.165) is 95.0 Å². The van der Waals surface area contributed by atoms with Crippen LogP contribution in [0, 0.1) is 55.4 Å². The van der Waals surface area contributed by atoms with Crippen LogP contribution in [0.25, 0.3) is 0 Å². The van der Waals surface area contributed by atoms with Crippen molar-refractivity contribution in [2.24, 2.45) is 0 Å². The summed E-state index contributed by atoms with van der Waals surface area (Å²) in [6, 6.07) is 58.1. The molecule has 0 saturated carbocycles. The summed E-state index contributed by atoms with van der Waals surface area (Å²) < 4.78 is 38.8. The van der Waals surface area contributed by atoms with Gasteiger partial charge in [-0.25, -0.2) is 4.89 Å². The van der Waals surface area contributed by atoms with Gasteiger partial charge < -0.3 is 33.5 Å². The van der Waals surface area contributed by atoms with E-state index in [0.29, 0.717) is 47.1 Å². The Balaban J connectivity index is 0.817. The maximum absolute atomic E-state index is 12.9. The van der Waals surface area contributed by atoms with Gasteiger partial charge in [-0.3, -0.25) is 0 Å². The number of ether oxygens (including phenoxy) is 6. The quantitative estimate of drug-likeness (QED) is 0.0543. The smallest absolute Gasteiger partial charge is 0.242 e. The number of hydrogen-bond acceptors (Lipinski definition) is 8. The van der Waals surface area contributed by atoms with Gasteiger partial charge in [0.1, 0.15) is 81.2 Å². The largest absolute Gasteiger partial charge is 0.507 e. The molecule has 0 bridgehead atoms. The first-order chi connectivity index (χ1) is 39.1. The van der Waals surface area contributed by atoms with Gasteiger partial charge >= 0.3 is 0 Å². The van der Waals surface area contributed by atoms with Crippen LogP contribution in [0.1, 0.15) is 94.5 Å². The molecule has 0 saturated heterocycles. The average Bonchev–Trinajstić information content (AvgIpc) is 3.65. The number of aryl methyl sites for hydroxylation is 8. The molecule has 9 rings (SSSR count). The minimum absolute atomic E-state index is 0.278. The molecule has 0 aliphatic carbocycles. The Morgan fingerprint density at radius 3 is 1.34 bits per heavy atom. The molecule has 9 aromatic rings. The molecular formula is C73H76O8P+. The fraction of sp³-hybridized carbons (Fsp3) is 0.233. The molecule has 0 heterocycles. The predicted octanol–water partition coefficient (Wildman–Crippen LogP) is 17.3. The number of hydrogen-bond donors (Lipinski definition) is 2. The minimum Gasteiger partial charge on any atom is -0.507 e. The number of aromatic hydroxyl groups is 1. The highest BCUT2D eigenvalue weighted by molar-refractivity contribution is 7.91. The van der Waals surface area contributed by atoms with Crippen LogP contribution in [-0.2, 0) is 18.4 Å². The predicted molar refractivity (Wildman–Crippen MR) is 336 cm³/mol. The molecule has 0 radical (unpaired) electrons. The van der Waals surface area contributed by atoms with E-state index in [4.69, 9.17) is 28.4 Å². The zero-order valence-corrected chi connectivity index (χ0v) is 50.3. The molecule has 9 aromatic carbocycles. The lowest BCUT2D eigenvalue weighted by atomic mass is 9.76. The van der Waals surface area contributed by atoms with Crippen molar-refractivity contribution in [3.05, 3.63) is 255 Å². The third-order valence-corrected chi connectivity index (χ3v) is 18.2. The molecule has 420 valence electrons. The second kappa shape index (κ2) is 24.4. The highest BCUT2D eigenvalue weighted by Gasteiger charge is 2.47. The normalized spacial score (nSPS) is 11.7. The van der Waals surface area contributed by atoms with Gasteiger partial charge in [-0.1, -0.05) is 111 Å². The van der Waals surface area contributed by atoms with Crippen molar-refractivity contribution in [1.82, 2.24) is 0 Å². The number of phenolic OH excluding ortho intramolecular Hbond substituents is 1. The highest BCUT2D eigenvalue weighted by Crippen LogP contribution is 2.54. The second-order valence-electron chi connectivity index (χ2n) is 22.8. The second-order valence-corrected chi connectivity index (χ2v) is 25.5. The number of rotatable bonds is 21. The summed E-state index contributed by atoms with van der Waals surface area (Å²) in [4.78, 5) is 12.9. The van der Waals surface area contributed by atoms with Gasteiger partial charge in [0.15, 0.2) is 11.1 Å². The zero-order valence-electron chi connectivity index (χ0n) is 49.4. The summed E-state index contributed by atoms with van der Waals surface area (Å²) >= 11 is 0. The summed E-state index contributed by atoms with van der Waals surface area (Å²) in [6.45, 7) is 29.5. The Morgan fingerprint density at radius 1 is 0.451 bits per heavy atom. The molecule has 0 unspecified atom stereocenters. The average molecular weight is 1110 g/mol. The fourth-order valence-corrected chi connectivity index (χ4v) is 13.5. The summed E-state index contributed by atoms with van der Waals surface area (Å²) in [6.07, 6.45) is 2.38. The molecule has 0 fully saturated rings. The summed E-state index contributed by atoms with van der Waals surface area (Å²) in [7, 11) is -3.13. The molecule has 8 nitrogen and oxygen atoms in total. The van der Waals surface area contributed by atoms with E-state index in [1.165, 1.54) is 11.1 Å².